The third kappa shape index (κ3) is 1.84. The maximum absolute atomic E-state index is 5.27. The predicted octanol–water partition coefficient (Wildman–Crippen LogP) is 3.07. The first kappa shape index (κ1) is 9.71. The number of rotatable bonds is 2. The van der Waals surface area contributed by atoms with Crippen molar-refractivity contribution < 1.29 is 4.74 Å². The zero-order valence-electron chi connectivity index (χ0n) is 8.90. The average Bonchev–Trinajstić information content (AvgIpc) is 2.29. The van der Waals surface area contributed by atoms with Gasteiger partial charge < -0.3 is 4.74 Å². The molecule has 76 valence electrons. The molecule has 2 rings (SSSR count). The van der Waals surface area contributed by atoms with Crippen molar-refractivity contribution in [3.8, 4) is 17.0 Å². The lowest BCUT2D eigenvalue weighted by atomic mass is 10.0. The van der Waals surface area contributed by atoms with Gasteiger partial charge in [-0.1, -0.05) is 30.3 Å². The number of methoxy groups -OCH3 is 1. The highest BCUT2D eigenvalue weighted by Crippen LogP contribution is 2.30. The molecule has 0 saturated carbocycles. The monoisotopic (exact) mass is 199 g/mol. The predicted molar refractivity (Wildman–Crippen MR) is 61.0 cm³/mol. The SMILES string of the molecule is COc1nccc(C)c1-c1ccccc1. The van der Waals surface area contributed by atoms with Crippen LogP contribution >= 0.6 is 0 Å². The molecule has 0 aliphatic rings. The van der Waals surface area contributed by atoms with Crippen LogP contribution in [0.3, 0.4) is 0 Å². The molecule has 1 aromatic carbocycles. The molecule has 0 fully saturated rings. The molecule has 0 atom stereocenters. The number of pyridine rings is 1. The van der Waals surface area contributed by atoms with E-state index in [9.17, 15) is 0 Å². The van der Waals surface area contributed by atoms with Gasteiger partial charge in [0.2, 0.25) is 5.88 Å². The number of nitrogens with zero attached hydrogens (tertiary/aromatic N) is 1. The first-order valence-electron chi connectivity index (χ1n) is 4.88. The van der Waals surface area contributed by atoms with E-state index in [1.165, 1.54) is 5.56 Å². The molecule has 0 saturated heterocycles. The van der Waals surface area contributed by atoms with Gasteiger partial charge in [0.25, 0.3) is 0 Å². The first-order chi connectivity index (χ1) is 7.33. The molecule has 0 aliphatic heterocycles. The van der Waals surface area contributed by atoms with Crippen molar-refractivity contribution in [3.63, 3.8) is 0 Å². The summed E-state index contributed by atoms with van der Waals surface area (Å²) in [7, 11) is 1.65. The Morgan fingerprint density at radius 2 is 1.80 bits per heavy atom. The Morgan fingerprint density at radius 1 is 1.07 bits per heavy atom. The minimum absolute atomic E-state index is 0.682. The Kier molecular flexibility index (Phi) is 2.68. The van der Waals surface area contributed by atoms with E-state index >= 15 is 0 Å². The van der Waals surface area contributed by atoms with Crippen molar-refractivity contribution in [2.75, 3.05) is 7.11 Å². The molecular formula is C13H13NO. The maximum Gasteiger partial charge on any atom is 0.221 e. The van der Waals surface area contributed by atoms with E-state index in [4.69, 9.17) is 4.74 Å². The van der Waals surface area contributed by atoms with Gasteiger partial charge in [-0.05, 0) is 24.1 Å². The zero-order valence-corrected chi connectivity index (χ0v) is 8.90. The third-order valence-corrected chi connectivity index (χ3v) is 2.38. The van der Waals surface area contributed by atoms with Gasteiger partial charge in [-0.15, -0.1) is 0 Å². The van der Waals surface area contributed by atoms with Crippen LogP contribution in [0.2, 0.25) is 0 Å². The molecule has 0 bridgehead atoms. The van der Waals surface area contributed by atoms with Gasteiger partial charge in [-0.2, -0.15) is 0 Å². The van der Waals surface area contributed by atoms with Crippen LogP contribution in [0, 0.1) is 6.92 Å². The molecule has 0 spiro atoms. The lowest BCUT2D eigenvalue weighted by Gasteiger charge is -2.09. The molecule has 15 heavy (non-hydrogen) atoms. The second-order valence-electron chi connectivity index (χ2n) is 3.38. The van der Waals surface area contributed by atoms with E-state index < -0.39 is 0 Å². The molecule has 2 nitrogen and oxygen atoms in total. The van der Waals surface area contributed by atoms with Crippen LogP contribution in [0.15, 0.2) is 42.6 Å². The summed E-state index contributed by atoms with van der Waals surface area (Å²) in [5.74, 6) is 0.682. The van der Waals surface area contributed by atoms with E-state index in [0.717, 1.165) is 11.1 Å². The standard InChI is InChI=1S/C13H13NO/c1-10-8-9-14-13(15-2)12(10)11-6-4-3-5-7-11/h3-9H,1-2H3. The van der Waals surface area contributed by atoms with Gasteiger partial charge in [0, 0.05) is 11.8 Å². The van der Waals surface area contributed by atoms with Gasteiger partial charge in [-0.25, -0.2) is 4.98 Å². The van der Waals surface area contributed by atoms with Crippen LogP contribution in [0.5, 0.6) is 5.88 Å². The van der Waals surface area contributed by atoms with Crippen molar-refractivity contribution >= 4 is 0 Å². The molecule has 0 radical (unpaired) electrons. The quantitative estimate of drug-likeness (QED) is 0.741. The molecule has 0 unspecified atom stereocenters. The Balaban J connectivity index is 2.61. The highest BCUT2D eigenvalue weighted by Gasteiger charge is 2.08. The Labute approximate surface area is 89.6 Å². The van der Waals surface area contributed by atoms with Crippen LogP contribution in [0.4, 0.5) is 0 Å². The van der Waals surface area contributed by atoms with Crippen LogP contribution in [-0.2, 0) is 0 Å². The molecule has 2 aromatic rings. The highest BCUT2D eigenvalue weighted by atomic mass is 16.5. The summed E-state index contributed by atoms with van der Waals surface area (Å²) >= 11 is 0. The van der Waals surface area contributed by atoms with Crippen molar-refractivity contribution in [2.45, 2.75) is 6.92 Å². The molecule has 0 aliphatic carbocycles. The lowest BCUT2D eigenvalue weighted by Crippen LogP contribution is -1.93. The largest absolute Gasteiger partial charge is 0.481 e. The summed E-state index contributed by atoms with van der Waals surface area (Å²) in [6, 6.07) is 12.1. The number of aryl methyl sites for hydroxylation is 1. The van der Waals surface area contributed by atoms with E-state index in [1.807, 2.05) is 24.3 Å². The summed E-state index contributed by atoms with van der Waals surface area (Å²) in [6.45, 7) is 2.06. The summed E-state index contributed by atoms with van der Waals surface area (Å²) in [5.41, 5.74) is 3.38. The summed E-state index contributed by atoms with van der Waals surface area (Å²) in [6.07, 6.45) is 1.76. The molecule has 0 N–H and O–H groups in total. The molecule has 2 heteroatoms. The Morgan fingerprint density at radius 3 is 2.47 bits per heavy atom. The number of aromatic nitrogens is 1. The fourth-order valence-electron chi connectivity index (χ4n) is 1.64. The van der Waals surface area contributed by atoms with E-state index in [-0.39, 0.29) is 0 Å². The lowest BCUT2D eigenvalue weighted by molar-refractivity contribution is 0.399. The normalized spacial score (nSPS) is 10.0. The second-order valence-corrected chi connectivity index (χ2v) is 3.38. The van der Waals surface area contributed by atoms with Gasteiger partial charge in [0.1, 0.15) is 0 Å². The van der Waals surface area contributed by atoms with Crippen molar-refractivity contribution in [1.29, 1.82) is 0 Å². The van der Waals surface area contributed by atoms with E-state index in [1.54, 1.807) is 13.3 Å². The maximum atomic E-state index is 5.27. The molecule has 1 heterocycles. The van der Waals surface area contributed by atoms with E-state index in [0.29, 0.717) is 5.88 Å². The molecule has 1 aromatic heterocycles. The van der Waals surface area contributed by atoms with Crippen LogP contribution in [0.25, 0.3) is 11.1 Å². The van der Waals surface area contributed by atoms with Gasteiger partial charge in [0.05, 0.1) is 7.11 Å². The smallest absolute Gasteiger partial charge is 0.221 e. The van der Waals surface area contributed by atoms with Crippen molar-refractivity contribution in [3.05, 3.63) is 48.2 Å². The fourth-order valence-corrected chi connectivity index (χ4v) is 1.64. The number of benzene rings is 1. The van der Waals surface area contributed by atoms with Crippen molar-refractivity contribution in [2.24, 2.45) is 0 Å². The topological polar surface area (TPSA) is 22.1 Å². The highest BCUT2D eigenvalue weighted by molar-refractivity contribution is 5.71. The van der Waals surface area contributed by atoms with Crippen LogP contribution in [-0.4, -0.2) is 12.1 Å². The summed E-state index contributed by atoms with van der Waals surface area (Å²) < 4.78 is 5.27. The van der Waals surface area contributed by atoms with Gasteiger partial charge >= 0.3 is 0 Å². The second kappa shape index (κ2) is 4.13. The Hall–Kier alpha value is -1.83. The molecular weight excluding hydrogens is 186 g/mol. The Bertz CT molecular complexity index is 451. The minimum Gasteiger partial charge on any atom is -0.481 e. The summed E-state index contributed by atoms with van der Waals surface area (Å²) in [5, 5.41) is 0. The zero-order chi connectivity index (χ0) is 10.7. The average molecular weight is 199 g/mol. The first-order valence-corrected chi connectivity index (χ1v) is 4.88. The van der Waals surface area contributed by atoms with E-state index in [2.05, 4.69) is 24.0 Å². The third-order valence-electron chi connectivity index (χ3n) is 2.38. The van der Waals surface area contributed by atoms with Crippen LogP contribution in [0.1, 0.15) is 5.56 Å². The summed E-state index contributed by atoms with van der Waals surface area (Å²) in [4.78, 5) is 4.21. The minimum atomic E-state index is 0.682. The van der Waals surface area contributed by atoms with Gasteiger partial charge in [-0.3, -0.25) is 0 Å². The van der Waals surface area contributed by atoms with Crippen LogP contribution < -0.4 is 4.74 Å². The molecule has 0 amide bonds. The fraction of sp³-hybridized carbons (Fsp3) is 0.154. The number of hydrogen-bond donors (Lipinski definition) is 0. The number of ether oxygens (including phenoxy) is 1. The van der Waals surface area contributed by atoms with Gasteiger partial charge in [0.15, 0.2) is 0 Å². The van der Waals surface area contributed by atoms with Crippen molar-refractivity contribution in [1.82, 2.24) is 4.98 Å². The number of hydrogen-bond acceptors (Lipinski definition) is 2.